The van der Waals surface area contributed by atoms with E-state index >= 15 is 0 Å². The van der Waals surface area contributed by atoms with Crippen molar-refractivity contribution in [1.82, 2.24) is 0 Å². The van der Waals surface area contributed by atoms with E-state index in [1.807, 2.05) is 171 Å². The summed E-state index contributed by atoms with van der Waals surface area (Å²) in [6, 6.07) is 77.6. The fraction of sp³-hybridized carbons (Fsp3) is 0.496. The number of allylic oxidation sites excluding steroid dienone is 13. The van der Waals surface area contributed by atoms with E-state index in [0.717, 1.165) is 51.4 Å². The normalized spacial score (nSPS) is 9.64. The molecule has 1 saturated carbocycles. The summed E-state index contributed by atoms with van der Waals surface area (Å²) in [4.78, 5) is 0. The average molecular weight is 1640 g/mol. The van der Waals surface area contributed by atoms with Crippen LogP contribution in [0.3, 0.4) is 0 Å². The molecule has 0 spiro atoms. The van der Waals surface area contributed by atoms with Crippen LogP contribution in [-0.2, 0) is 32.1 Å². The van der Waals surface area contributed by atoms with Crippen molar-refractivity contribution in [3.63, 3.8) is 0 Å². The lowest BCUT2D eigenvalue weighted by atomic mass is 10.1. The highest BCUT2D eigenvalue weighted by molar-refractivity contribution is 5.82. The van der Waals surface area contributed by atoms with E-state index in [4.69, 9.17) is 0 Å². The van der Waals surface area contributed by atoms with Crippen LogP contribution in [0.5, 0.6) is 0 Å². The van der Waals surface area contributed by atoms with E-state index in [1.54, 1.807) is 0 Å². The minimum Gasteiger partial charge on any atom is -0.0808 e. The molecule has 684 valence electrons. The van der Waals surface area contributed by atoms with E-state index in [0.29, 0.717) is 0 Å². The Bertz CT molecular complexity index is 2640. The Hall–Kier alpha value is -7.80. The summed E-state index contributed by atoms with van der Waals surface area (Å²) in [5, 5.41) is 2.62. The molecule has 0 aromatic heterocycles. The fourth-order valence-corrected chi connectivity index (χ4v) is 7.96. The number of hydrogen-bond acceptors (Lipinski definition) is 0. The molecule has 0 nitrogen and oxygen atoms in total. The summed E-state index contributed by atoms with van der Waals surface area (Å²) in [6.07, 6.45) is 54.7. The Morgan fingerprint density at radius 2 is 0.353 bits per heavy atom. The van der Waals surface area contributed by atoms with Gasteiger partial charge in [-0.1, -0.05) is 657 Å². The molecular formula is C119H208. The molecule has 8 aromatic rings. The highest BCUT2D eigenvalue weighted by Gasteiger charge is 2.00. The molecule has 5 aliphatic carbocycles. The zero-order valence-electron chi connectivity index (χ0n) is 87.1. The van der Waals surface area contributed by atoms with Crippen LogP contribution >= 0.6 is 0 Å². The molecule has 0 N–H and O–H groups in total. The van der Waals surface area contributed by atoms with Gasteiger partial charge in [0.2, 0.25) is 0 Å². The van der Waals surface area contributed by atoms with Gasteiger partial charge in [0.25, 0.3) is 0 Å². The number of benzene rings is 8. The fourth-order valence-electron chi connectivity index (χ4n) is 7.96. The molecule has 0 amide bonds. The maximum Gasteiger partial charge on any atom is -0.00258 e. The third-order valence-corrected chi connectivity index (χ3v) is 12.4. The van der Waals surface area contributed by atoms with Crippen molar-refractivity contribution in [2.75, 3.05) is 0 Å². The molecule has 0 atom stereocenters. The first-order chi connectivity index (χ1) is 58.6. The Morgan fingerprint density at radius 3 is 0.513 bits per heavy atom. The van der Waals surface area contributed by atoms with Crippen LogP contribution in [0.1, 0.15) is 405 Å². The predicted molar refractivity (Wildman–Crippen MR) is 575 cm³/mol. The van der Waals surface area contributed by atoms with Gasteiger partial charge in [0.15, 0.2) is 0 Å². The number of aryl methyl sites for hydroxylation is 3. The molecular weight excluding hydrogens is 1430 g/mol. The Labute approximate surface area is 752 Å². The van der Waals surface area contributed by atoms with Gasteiger partial charge in [-0.2, -0.15) is 0 Å². The quantitative estimate of drug-likeness (QED) is 0.161. The summed E-state index contributed by atoms with van der Waals surface area (Å²) in [5.41, 5.74) is 9.81. The van der Waals surface area contributed by atoms with Crippen molar-refractivity contribution in [2.24, 2.45) is 0 Å². The van der Waals surface area contributed by atoms with Gasteiger partial charge in [0.05, 0.1) is 0 Å². The lowest BCUT2D eigenvalue weighted by Gasteiger charge is -2.00. The van der Waals surface area contributed by atoms with Crippen molar-refractivity contribution in [3.8, 4) is 0 Å². The van der Waals surface area contributed by atoms with Gasteiger partial charge < -0.3 is 0 Å². The van der Waals surface area contributed by atoms with Gasteiger partial charge in [-0.05, 0) is 101 Å². The third-order valence-electron chi connectivity index (χ3n) is 12.4. The maximum absolute atomic E-state index is 2.20. The largest absolute Gasteiger partial charge is 0.0808 e. The van der Waals surface area contributed by atoms with Crippen LogP contribution in [0, 0.1) is 0 Å². The zero-order chi connectivity index (χ0) is 94.4. The molecule has 0 bridgehead atoms. The number of fused-ring (bicyclic) bond motifs is 2. The van der Waals surface area contributed by atoms with Gasteiger partial charge in [0.1, 0.15) is 0 Å². The van der Waals surface area contributed by atoms with Gasteiger partial charge in [-0.25, -0.2) is 0 Å². The Kier molecular flexibility index (Phi) is 198. The minimum absolute atomic E-state index is 1.03. The van der Waals surface area contributed by atoms with Gasteiger partial charge in [0, 0.05) is 0 Å². The van der Waals surface area contributed by atoms with E-state index in [1.165, 1.54) is 127 Å². The molecule has 119 heavy (non-hydrogen) atoms. The molecule has 8 aromatic carbocycles. The zero-order valence-corrected chi connectivity index (χ0v) is 87.1. The Morgan fingerprint density at radius 1 is 0.185 bits per heavy atom. The van der Waals surface area contributed by atoms with Gasteiger partial charge in [-0.3, -0.25) is 0 Å². The third kappa shape index (κ3) is 137. The lowest BCUT2D eigenvalue weighted by molar-refractivity contribution is 0.886. The molecule has 0 heteroatoms. The molecule has 0 unspecified atom stereocenters. The van der Waals surface area contributed by atoms with Crippen molar-refractivity contribution < 1.29 is 0 Å². The standard InChI is InChI=1S/C13H12.C10H8.C9H8.3C8H10.C5H10.3C5H6.7C3H8.11C2H6/c1-3-7-12(8-4-1)11-13-9-5-2-6-10-13;1-2-6-10-8-4-3-7-9(10)5-1;1-2-5-9-7-3-6-8(9)4-1;3*1-2-8-6-4-3-5-7-8;4*1-2-4-5-3-1;7*1-3-2;11*1-2/h1-10H,11H2;1-8H;1-6H,7H2;3*3-7H,2H2,1H3;1-5H2;3*1-4H,5H2;7*3H2,1-2H3;11*1-2H3. The van der Waals surface area contributed by atoms with Gasteiger partial charge in [-0.15, -0.1) is 0 Å². The van der Waals surface area contributed by atoms with Crippen molar-refractivity contribution >= 4 is 16.8 Å². The second kappa shape index (κ2) is 162. The van der Waals surface area contributed by atoms with Crippen LogP contribution in [0.4, 0.5) is 0 Å². The predicted octanol–water partition coefficient (Wildman–Crippen LogP) is 42.8. The highest BCUT2D eigenvalue weighted by Crippen LogP contribution is 2.18. The molecule has 0 aliphatic heterocycles. The van der Waals surface area contributed by atoms with Crippen LogP contribution in [0.2, 0.25) is 0 Å². The molecule has 13 rings (SSSR count). The molecule has 1 fully saturated rings. The van der Waals surface area contributed by atoms with Crippen LogP contribution in [-0.4, -0.2) is 0 Å². The SMILES string of the molecule is C1=CCC=C1.C1=CCC=C1.C1=CCC=C1.C1=Cc2ccccc2C1.C1CCCC1.CC.CC.CC.CC.CC.CC.CC.CC.CC.CC.CC.CCC.CCC.CCC.CCC.CCC.CCC.CCC.CCc1ccccc1.CCc1ccccc1.CCc1ccccc1.c1ccc(Cc2ccccc2)cc1.c1ccc2ccccc2c1. The van der Waals surface area contributed by atoms with Gasteiger partial charge >= 0.3 is 0 Å². The summed E-state index contributed by atoms with van der Waals surface area (Å²) in [6.45, 7) is 80.2. The molecule has 5 aliphatic rings. The summed E-state index contributed by atoms with van der Waals surface area (Å²) in [5.74, 6) is 0. The summed E-state index contributed by atoms with van der Waals surface area (Å²) < 4.78 is 0. The monoisotopic (exact) mass is 1640 g/mol. The summed E-state index contributed by atoms with van der Waals surface area (Å²) >= 11 is 0. The summed E-state index contributed by atoms with van der Waals surface area (Å²) in [7, 11) is 0. The van der Waals surface area contributed by atoms with Crippen molar-refractivity contribution in [3.05, 3.63) is 342 Å². The average Bonchev–Trinajstić information content (AvgIpc) is 1.74. The second-order valence-corrected chi connectivity index (χ2v) is 23.3. The van der Waals surface area contributed by atoms with Crippen molar-refractivity contribution in [2.45, 2.75) is 398 Å². The molecule has 0 saturated heterocycles. The molecule has 0 radical (unpaired) electrons. The lowest BCUT2D eigenvalue weighted by Crippen LogP contribution is -1.85. The first kappa shape index (κ1) is 146. The van der Waals surface area contributed by atoms with Crippen LogP contribution in [0.25, 0.3) is 16.8 Å². The van der Waals surface area contributed by atoms with Crippen molar-refractivity contribution in [1.29, 1.82) is 0 Å². The van der Waals surface area contributed by atoms with E-state index in [-0.39, 0.29) is 0 Å². The van der Waals surface area contributed by atoms with E-state index < -0.39 is 0 Å². The first-order valence-corrected chi connectivity index (χ1v) is 48.9. The Balaban J connectivity index is -0.0000000744. The maximum atomic E-state index is 2.20. The topological polar surface area (TPSA) is 0 Å². The first-order valence-electron chi connectivity index (χ1n) is 48.9. The van der Waals surface area contributed by atoms with E-state index in [9.17, 15) is 0 Å². The smallest absolute Gasteiger partial charge is 0.00258 e. The van der Waals surface area contributed by atoms with Crippen LogP contribution < -0.4 is 0 Å². The van der Waals surface area contributed by atoms with Crippen LogP contribution in [0.15, 0.2) is 303 Å². The number of hydrogen-bond donors (Lipinski definition) is 0. The minimum atomic E-state index is 1.03. The highest BCUT2D eigenvalue weighted by atomic mass is 14.1. The molecule has 0 heterocycles. The second-order valence-electron chi connectivity index (χ2n) is 23.3. The number of rotatable bonds is 5. The van der Waals surface area contributed by atoms with E-state index in [2.05, 4.69) is 409 Å².